The lowest BCUT2D eigenvalue weighted by molar-refractivity contribution is -0.526. The SMILES string of the molecule is C/C=C(\C)C1CCC([N+](=O)[O-])CC1.C=C. The second kappa shape index (κ2) is 7.21. The van der Waals surface area contributed by atoms with Crippen molar-refractivity contribution in [3.8, 4) is 0 Å². The summed E-state index contributed by atoms with van der Waals surface area (Å²) in [6.07, 6.45) is 5.60. The van der Waals surface area contributed by atoms with Crippen LogP contribution in [0.5, 0.6) is 0 Å². The molecule has 0 saturated heterocycles. The molecule has 15 heavy (non-hydrogen) atoms. The van der Waals surface area contributed by atoms with Crippen LogP contribution in [-0.2, 0) is 0 Å². The van der Waals surface area contributed by atoms with Crippen LogP contribution in [0.15, 0.2) is 24.8 Å². The topological polar surface area (TPSA) is 43.1 Å². The van der Waals surface area contributed by atoms with Crippen LogP contribution in [0.1, 0.15) is 39.5 Å². The molecule has 0 radical (unpaired) electrons. The number of rotatable bonds is 2. The Balaban J connectivity index is 0.000000921. The van der Waals surface area contributed by atoms with Crippen LogP contribution >= 0.6 is 0 Å². The quantitative estimate of drug-likeness (QED) is 0.398. The number of nitrogens with zero attached hydrogens (tertiary/aromatic N) is 1. The van der Waals surface area contributed by atoms with E-state index in [1.807, 2.05) is 6.92 Å². The molecule has 3 heteroatoms. The second-order valence-electron chi connectivity index (χ2n) is 3.82. The summed E-state index contributed by atoms with van der Waals surface area (Å²) in [5.74, 6) is 0.598. The Bertz CT molecular complexity index is 228. The molecular weight excluding hydrogens is 190 g/mol. The molecule has 1 aliphatic carbocycles. The van der Waals surface area contributed by atoms with Gasteiger partial charge in [-0.05, 0) is 32.6 Å². The van der Waals surface area contributed by atoms with E-state index in [4.69, 9.17) is 0 Å². The highest BCUT2D eigenvalue weighted by molar-refractivity contribution is 5.03. The molecule has 1 rings (SSSR count). The van der Waals surface area contributed by atoms with Crippen LogP contribution in [0, 0.1) is 16.0 Å². The maximum Gasteiger partial charge on any atom is 0.213 e. The van der Waals surface area contributed by atoms with Crippen molar-refractivity contribution < 1.29 is 4.92 Å². The van der Waals surface area contributed by atoms with Gasteiger partial charge in [-0.15, -0.1) is 13.2 Å². The van der Waals surface area contributed by atoms with Gasteiger partial charge < -0.3 is 0 Å². The standard InChI is InChI=1S/C10H17NO2.C2H4/c1-3-8(2)9-4-6-10(7-5-9)11(12)13;1-2/h3,9-10H,4-7H2,1-2H3;1-2H2/b8-3+;. The van der Waals surface area contributed by atoms with Crippen LogP contribution in [0.2, 0.25) is 0 Å². The summed E-state index contributed by atoms with van der Waals surface area (Å²) < 4.78 is 0. The molecule has 3 nitrogen and oxygen atoms in total. The van der Waals surface area contributed by atoms with Crippen LogP contribution in [0.25, 0.3) is 0 Å². The van der Waals surface area contributed by atoms with Crippen LogP contribution in [-0.4, -0.2) is 11.0 Å². The normalized spacial score (nSPS) is 26.4. The van der Waals surface area contributed by atoms with Crippen LogP contribution in [0.4, 0.5) is 0 Å². The van der Waals surface area contributed by atoms with E-state index in [2.05, 4.69) is 26.2 Å². The molecule has 0 amide bonds. The Kier molecular flexibility index (Phi) is 6.67. The van der Waals surface area contributed by atoms with Crippen molar-refractivity contribution in [3.05, 3.63) is 34.9 Å². The van der Waals surface area contributed by atoms with Crippen molar-refractivity contribution in [1.82, 2.24) is 0 Å². The predicted octanol–water partition coefficient (Wildman–Crippen LogP) is 3.59. The van der Waals surface area contributed by atoms with E-state index >= 15 is 0 Å². The van der Waals surface area contributed by atoms with E-state index in [0.29, 0.717) is 5.92 Å². The third kappa shape index (κ3) is 4.28. The van der Waals surface area contributed by atoms with Gasteiger partial charge in [-0.25, -0.2) is 0 Å². The number of allylic oxidation sites excluding steroid dienone is 2. The molecule has 1 saturated carbocycles. The lowest BCUT2D eigenvalue weighted by atomic mass is 9.82. The summed E-state index contributed by atoms with van der Waals surface area (Å²) in [6, 6.07) is -0.277. The average Bonchev–Trinajstić information content (AvgIpc) is 2.31. The van der Waals surface area contributed by atoms with Gasteiger partial charge in [0, 0.05) is 17.8 Å². The third-order valence-corrected chi connectivity index (χ3v) is 3.09. The van der Waals surface area contributed by atoms with Crippen LogP contribution < -0.4 is 0 Å². The molecule has 1 aliphatic rings. The smallest absolute Gasteiger partial charge is 0.213 e. The molecule has 0 atom stereocenters. The maximum atomic E-state index is 10.5. The Hall–Kier alpha value is -1.12. The molecule has 0 aromatic carbocycles. The fourth-order valence-electron chi connectivity index (χ4n) is 1.98. The van der Waals surface area contributed by atoms with Gasteiger partial charge in [0.2, 0.25) is 6.04 Å². The fraction of sp³-hybridized carbons (Fsp3) is 0.667. The van der Waals surface area contributed by atoms with E-state index in [1.165, 1.54) is 5.57 Å². The van der Waals surface area contributed by atoms with Crippen molar-refractivity contribution in [2.45, 2.75) is 45.6 Å². The molecule has 0 bridgehead atoms. The zero-order valence-electron chi connectivity index (χ0n) is 9.74. The zero-order valence-corrected chi connectivity index (χ0v) is 9.74. The number of hydrogen-bond donors (Lipinski definition) is 0. The lowest BCUT2D eigenvalue weighted by Crippen LogP contribution is -2.26. The summed E-state index contributed by atoms with van der Waals surface area (Å²) in [5.41, 5.74) is 1.39. The largest absolute Gasteiger partial charge is 0.264 e. The summed E-state index contributed by atoms with van der Waals surface area (Å²) in [4.78, 5) is 10.4. The molecule has 0 unspecified atom stereocenters. The molecular formula is C12H21NO2. The highest BCUT2D eigenvalue weighted by atomic mass is 16.6. The molecule has 1 fully saturated rings. The Morgan fingerprint density at radius 2 is 1.80 bits per heavy atom. The van der Waals surface area contributed by atoms with Gasteiger partial charge in [-0.3, -0.25) is 10.1 Å². The highest BCUT2D eigenvalue weighted by Gasteiger charge is 2.28. The van der Waals surface area contributed by atoms with E-state index in [0.717, 1.165) is 25.7 Å². The summed E-state index contributed by atoms with van der Waals surface area (Å²) >= 11 is 0. The van der Waals surface area contributed by atoms with Crippen molar-refractivity contribution in [3.63, 3.8) is 0 Å². The predicted molar refractivity (Wildman–Crippen MR) is 63.4 cm³/mol. The summed E-state index contributed by atoms with van der Waals surface area (Å²) in [6.45, 7) is 10.2. The van der Waals surface area contributed by atoms with Gasteiger partial charge in [-0.2, -0.15) is 0 Å². The first-order valence-corrected chi connectivity index (χ1v) is 5.41. The van der Waals surface area contributed by atoms with Crippen molar-refractivity contribution >= 4 is 0 Å². The second-order valence-corrected chi connectivity index (χ2v) is 3.82. The first-order valence-electron chi connectivity index (χ1n) is 5.41. The van der Waals surface area contributed by atoms with E-state index in [1.54, 1.807) is 0 Å². The fourth-order valence-corrected chi connectivity index (χ4v) is 1.98. The molecule has 0 aromatic rings. The molecule has 86 valence electrons. The summed E-state index contributed by atoms with van der Waals surface area (Å²) in [7, 11) is 0. The summed E-state index contributed by atoms with van der Waals surface area (Å²) in [5, 5.41) is 10.5. The minimum Gasteiger partial charge on any atom is -0.264 e. The minimum atomic E-state index is -0.277. The first kappa shape index (κ1) is 13.9. The van der Waals surface area contributed by atoms with Crippen molar-refractivity contribution in [1.29, 1.82) is 0 Å². The third-order valence-electron chi connectivity index (χ3n) is 3.09. The molecule has 0 spiro atoms. The van der Waals surface area contributed by atoms with Gasteiger partial charge in [-0.1, -0.05) is 11.6 Å². The lowest BCUT2D eigenvalue weighted by Gasteiger charge is -2.24. The van der Waals surface area contributed by atoms with Gasteiger partial charge >= 0.3 is 0 Å². The molecule has 0 N–H and O–H groups in total. The van der Waals surface area contributed by atoms with Gasteiger partial charge in [0.05, 0.1) is 0 Å². The maximum absolute atomic E-state index is 10.5. The Morgan fingerprint density at radius 1 is 1.33 bits per heavy atom. The highest BCUT2D eigenvalue weighted by Crippen LogP contribution is 2.30. The van der Waals surface area contributed by atoms with Gasteiger partial charge in [0.15, 0.2) is 0 Å². The Morgan fingerprint density at radius 3 is 2.13 bits per heavy atom. The first-order chi connectivity index (χ1) is 7.15. The molecule has 0 aromatic heterocycles. The van der Waals surface area contributed by atoms with E-state index < -0.39 is 0 Å². The monoisotopic (exact) mass is 211 g/mol. The van der Waals surface area contributed by atoms with E-state index in [-0.39, 0.29) is 11.0 Å². The Labute approximate surface area is 92.0 Å². The van der Waals surface area contributed by atoms with Gasteiger partial charge in [0.25, 0.3) is 0 Å². The minimum absolute atomic E-state index is 0.124. The van der Waals surface area contributed by atoms with Crippen molar-refractivity contribution in [2.24, 2.45) is 5.92 Å². The number of nitro groups is 1. The molecule has 0 aliphatic heterocycles. The molecule has 0 heterocycles. The van der Waals surface area contributed by atoms with E-state index in [9.17, 15) is 10.1 Å². The zero-order chi connectivity index (χ0) is 11.8. The average molecular weight is 211 g/mol. The van der Waals surface area contributed by atoms with Crippen LogP contribution in [0.3, 0.4) is 0 Å². The van der Waals surface area contributed by atoms with Gasteiger partial charge in [0.1, 0.15) is 0 Å². The number of hydrogen-bond acceptors (Lipinski definition) is 2. The van der Waals surface area contributed by atoms with Crippen molar-refractivity contribution in [2.75, 3.05) is 0 Å².